The molecule has 1 N–H and O–H groups in total. The Bertz CT molecular complexity index is 864. The van der Waals surface area contributed by atoms with Gasteiger partial charge in [-0.2, -0.15) is 4.31 Å². The number of rotatable bonds is 7. The first kappa shape index (κ1) is 21.7. The molecule has 1 aromatic carbocycles. The minimum absolute atomic E-state index is 0.118. The first-order chi connectivity index (χ1) is 13.8. The molecule has 0 atom stereocenters. The van der Waals surface area contributed by atoms with Crippen molar-refractivity contribution in [2.24, 2.45) is 5.92 Å². The lowest BCUT2D eigenvalue weighted by atomic mass is 9.97. The summed E-state index contributed by atoms with van der Waals surface area (Å²) in [5, 5.41) is 3.30. The lowest BCUT2D eigenvalue weighted by molar-refractivity contribution is -0.138. The summed E-state index contributed by atoms with van der Waals surface area (Å²) in [5.41, 5.74) is 0. The Kier molecular flexibility index (Phi) is 6.92. The van der Waals surface area contributed by atoms with Crippen LogP contribution in [0, 0.1) is 5.92 Å². The van der Waals surface area contributed by atoms with E-state index in [9.17, 15) is 22.8 Å². The summed E-state index contributed by atoms with van der Waals surface area (Å²) in [7, 11) is -3.60. The van der Waals surface area contributed by atoms with Crippen LogP contribution in [0.4, 0.5) is 0 Å². The Morgan fingerprint density at radius 1 is 1.07 bits per heavy atom. The van der Waals surface area contributed by atoms with Gasteiger partial charge in [-0.3, -0.25) is 19.3 Å². The Balaban J connectivity index is 1.43. The highest BCUT2D eigenvalue weighted by molar-refractivity contribution is 7.89. The summed E-state index contributed by atoms with van der Waals surface area (Å²) in [6, 6.07) is 6.04. The predicted molar refractivity (Wildman–Crippen MR) is 107 cm³/mol. The zero-order chi connectivity index (χ0) is 21.0. The summed E-state index contributed by atoms with van der Waals surface area (Å²) in [4.78, 5) is 36.9. The van der Waals surface area contributed by atoms with Crippen LogP contribution < -0.4 is 5.32 Å². The molecule has 29 heavy (non-hydrogen) atoms. The highest BCUT2D eigenvalue weighted by atomic mass is 35.5. The third-order valence-electron chi connectivity index (χ3n) is 5.29. The van der Waals surface area contributed by atoms with Gasteiger partial charge in [-0.1, -0.05) is 11.6 Å². The molecular formula is C19H24ClN3O5S. The lowest BCUT2D eigenvalue weighted by Crippen LogP contribution is -2.43. The van der Waals surface area contributed by atoms with Crippen molar-refractivity contribution in [1.82, 2.24) is 14.5 Å². The summed E-state index contributed by atoms with van der Waals surface area (Å²) in [5.74, 6) is -0.680. The molecule has 0 radical (unpaired) electrons. The van der Waals surface area contributed by atoms with Gasteiger partial charge in [-0.25, -0.2) is 8.42 Å². The first-order valence-electron chi connectivity index (χ1n) is 9.65. The van der Waals surface area contributed by atoms with E-state index in [0.717, 1.165) is 0 Å². The fourth-order valence-electron chi connectivity index (χ4n) is 3.58. The number of likely N-dealkylation sites (tertiary alicyclic amines) is 1. The van der Waals surface area contributed by atoms with Crippen LogP contribution in [0.2, 0.25) is 5.02 Å². The van der Waals surface area contributed by atoms with Gasteiger partial charge in [0.1, 0.15) is 0 Å². The van der Waals surface area contributed by atoms with Gasteiger partial charge in [0.05, 0.1) is 4.90 Å². The highest BCUT2D eigenvalue weighted by Gasteiger charge is 2.32. The second-order valence-corrected chi connectivity index (χ2v) is 9.59. The van der Waals surface area contributed by atoms with Crippen molar-refractivity contribution in [2.45, 2.75) is 37.0 Å². The monoisotopic (exact) mass is 441 g/mol. The van der Waals surface area contributed by atoms with E-state index in [1.807, 2.05) is 0 Å². The fraction of sp³-hybridized carbons (Fsp3) is 0.526. The van der Waals surface area contributed by atoms with E-state index in [0.29, 0.717) is 37.4 Å². The molecule has 0 bridgehead atoms. The number of carbonyl (C=O) groups is 3. The van der Waals surface area contributed by atoms with Crippen LogP contribution in [0.25, 0.3) is 0 Å². The molecule has 0 saturated carbocycles. The molecule has 3 rings (SSSR count). The Labute approximate surface area is 175 Å². The molecule has 0 unspecified atom stereocenters. The number of nitrogens with zero attached hydrogens (tertiary/aromatic N) is 2. The van der Waals surface area contributed by atoms with Gasteiger partial charge in [-0.15, -0.1) is 0 Å². The number of imide groups is 1. The third-order valence-corrected chi connectivity index (χ3v) is 7.45. The van der Waals surface area contributed by atoms with E-state index in [-0.39, 0.29) is 54.5 Å². The number of amides is 3. The minimum atomic E-state index is -3.60. The van der Waals surface area contributed by atoms with E-state index in [1.54, 1.807) is 0 Å². The van der Waals surface area contributed by atoms with Crippen LogP contribution in [0.1, 0.15) is 32.1 Å². The average Bonchev–Trinajstić information content (AvgIpc) is 3.03. The normalized spacial score (nSPS) is 19.0. The number of benzene rings is 1. The van der Waals surface area contributed by atoms with E-state index >= 15 is 0 Å². The van der Waals surface area contributed by atoms with Gasteiger partial charge < -0.3 is 5.32 Å². The first-order valence-corrected chi connectivity index (χ1v) is 11.5. The van der Waals surface area contributed by atoms with Gasteiger partial charge in [0.2, 0.25) is 27.7 Å². The zero-order valence-corrected chi connectivity index (χ0v) is 17.5. The average molecular weight is 442 g/mol. The summed E-state index contributed by atoms with van der Waals surface area (Å²) < 4.78 is 26.8. The van der Waals surface area contributed by atoms with E-state index in [4.69, 9.17) is 11.6 Å². The second-order valence-electron chi connectivity index (χ2n) is 7.22. The van der Waals surface area contributed by atoms with Crippen molar-refractivity contribution in [1.29, 1.82) is 0 Å². The highest BCUT2D eigenvalue weighted by Crippen LogP contribution is 2.25. The van der Waals surface area contributed by atoms with Crippen LogP contribution >= 0.6 is 11.6 Å². The molecule has 0 aliphatic carbocycles. The van der Waals surface area contributed by atoms with Crippen LogP contribution in [0.3, 0.4) is 0 Å². The molecule has 158 valence electrons. The van der Waals surface area contributed by atoms with Crippen molar-refractivity contribution >= 4 is 39.3 Å². The minimum Gasteiger partial charge on any atom is -0.356 e. The largest absolute Gasteiger partial charge is 0.356 e. The molecule has 1 aromatic rings. The third kappa shape index (κ3) is 5.15. The fourth-order valence-corrected chi connectivity index (χ4v) is 5.18. The van der Waals surface area contributed by atoms with Crippen LogP contribution in [0.15, 0.2) is 29.2 Å². The molecule has 2 aliphatic heterocycles. The van der Waals surface area contributed by atoms with Gasteiger partial charge in [-0.05, 0) is 43.5 Å². The molecule has 2 fully saturated rings. The summed E-state index contributed by atoms with van der Waals surface area (Å²) in [6.45, 7) is 1.24. The summed E-state index contributed by atoms with van der Waals surface area (Å²) >= 11 is 5.82. The van der Waals surface area contributed by atoms with Gasteiger partial charge in [0.15, 0.2) is 0 Å². The molecule has 0 spiro atoms. The number of hydrogen-bond acceptors (Lipinski definition) is 5. The lowest BCUT2D eigenvalue weighted by Gasteiger charge is -2.30. The maximum Gasteiger partial charge on any atom is 0.243 e. The number of nitrogens with one attached hydrogen (secondary N) is 1. The van der Waals surface area contributed by atoms with Gasteiger partial charge in [0.25, 0.3) is 0 Å². The maximum atomic E-state index is 12.7. The summed E-state index contributed by atoms with van der Waals surface area (Å²) in [6.07, 6.45) is 1.93. The molecular weight excluding hydrogens is 418 g/mol. The number of carbonyl (C=O) groups excluding carboxylic acids is 3. The van der Waals surface area contributed by atoms with E-state index < -0.39 is 10.0 Å². The number of piperidine rings is 1. The van der Waals surface area contributed by atoms with Crippen molar-refractivity contribution in [3.05, 3.63) is 29.3 Å². The van der Waals surface area contributed by atoms with Crippen LogP contribution in [0.5, 0.6) is 0 Å². The van der Waals surface area contributed by atoms with Crippen molar-refractivity contribution in [3.8, 4) is 0 Å². The standard InChI is InChI=1S/C19H24ClN3O5S/c20-15-2-4-16(5-3-15)29(27,28)22-12-8-14(9-13-22)19(26)21-10-1-11-23-17(24)6-7-18(23)25/h2-5,14H,1,6-13H2,(H,21,26). The number of hydrogen-bond donors (Lipinski definition) is 1. The van der Waals surface area contributed by atoms with Crippen molar-refractivity contribution < 1.29 is 22.8 Å². The maximum absolute atomic E-state index is 12.7. The predicted octanol–water partition coefficient (Wildman–Crippen LogP) is 1.40. The second kappa shape index (κ2) is 9.23. The van der Waals surface area contributed by atoms with Crippen molar-refractivity contribution in [3.63, 3.8) is 0 Å². The molecule has 0 aromatic heterocycles. The number of halogens is 1. The molecule has 2 aliphatic rings. The topological polar surface area (TPSA) is 104 Å². The number of sulfonamides is 1. The molecule has 3 amide bonds. The Hall–Kier alpha value is -1.97. The van der Waals surface area contributed by atoms with E-state index in [1.165, 1.54) is 33.5 Å². The molecule has 2 heterocycles. The SMILES string of the molecule is O=C(NCCCN1C(=O)CCC1=O)C1CCN(S(=O)(=O)c2ccc(Cl)cc2)CC1. The van der Waals surface area contributed by atoms with Crippen molar-refractivity contribution in [2.75, 3.05) is 26.2 Å². The van der Waals surface area contributed by atoms with Gasteiger partial charge >= 0.3 is 0 Å². The molecule has 10 heteroatoms. The smallest absolute Gasteiger partial charge is 0.243 e. The van der Waals surface area contributed by atoms with Gasteiger partial charge in [0, 0.05) is 50.0 Å². The molecule has 8 nitrogen and oxygen atoms in total. The Morgan fingerprint density at radius 3 is 2.24 bits per heavy atom. The molecule has 2 saturated heterocycles. The Morgan fingerprint density at radius 2 is 1.66 bits per heavy atom. The van der Waals surface area contributed by atoms with Crippen LogP contribution in [-0.2, 0) is 24.4 Å². The van der Waals surface area contributed by atoms with Crippen LogP contribution in [-0.4, -0.2) is 61.5 Å². The quantitative estimate of drug-likeness (QED) is 0.508. The zero-order valence-electron chi connectivity index (χ0n) is 16.0. The van der Waals surface area contributed by atoms with E-state index in [2.05, 4.69) is 5.32 Å².